The highest BCUT2D eigenvalue weighted by atomic mass is 35.5. The van der Waals surface area contributed by atoms with Crippen LogP contribution in [0.15, 0.2) is 30.3 Å². The van der Waals surface area contributed by atoms with E-state index in [1.807, 2.05) is 37.3 Å². The van der Waals surface area contributed by atoms with Crippen molar-refractivity contribution in [3.05, 3.63) is 35.9 Å². The predicted octanol–water partition coefficient (Wildman–Crippen LogP) is 2.11. The van der Waals surface area contributed by atoms with Crippen LogP contribution in [0.5, 0.6) is 0 Å². The molecule has 1 aromatic carbocycles. The van der Waals surface area contributed by atoms with E-state index in [0.29, 0.717) is 6.54 Å². The van der Waals surface area contributed by atoms with Crippen LogP contribution in [0, 0.1) is 5.41 Å². The molecule has 1 atom stereocenters. The monoisotopic (exact) mass is 268 g/mol. The summed E-state index contributed by atoms with van der Waals surface area (Å²) < 4.78 is 0. The third kappa shape index (κ3) is 3.72. The van der Waals surface area contributed by atoms with Gasteiger partial charge in [0.25, 0.3) is 0 Å². The third-order valence-electron chi connectivity index (χ3n) is 3.44. The summed E-state index contributed by atoms with van der Waals surface area (Å²) in [5.74, 6) is 0.161. The van der Waals surface area contributed by atoms with E-state index in [2.05, 4.69) is 10.6 Å². The summed E-state index contributed by atoms with van der Waals surface area (Å²) in [6.07, 6.45) is 2.05. The van der Waals surface area contributed by atoms with Crippen molar-refractivity contribution in [1.82, 2.24) is 10.6 Å². The summed E-state index contributed by atoms with van der Waals surface area (Å²) in [5.41, 5.74) is 0.903. The zero-order valence-corrected chi connectivity index (χ0v) is 11.6. The lowest BCUT2D eigenvalue weighted by Gasteiger charge is -2.32. The molecule has 0 saturated carbocycles. The van der Waals surface area contributed by atoms with Gasteiger partial charge in [0.15, 0.2) is 0 Å². The van der Waals surface area contributed by atoms with Crippen LogP contribution in [0.3, 0.4) is 0 Å². The maximum absolute atomic E-state index is 12.1. The van der Waals surface area contributed by atoms with Gasteiger partial charge < -0.3 is 10.6 Å². The third-order valence-corrected chi connectivity index (χ3v) is 3.44. The first kappa shape index (κ1) is 15.0. The average molecular weight is 269 g/mol. The molecule has 4 heteroatoms. The van der Waals surface area contributed by atoms with E-state index in [4.69, 9.17) is 0 Å². The average Bonchev–Trinajstić information content (AvgIpc) is 2.38. The second-order valence-electron chi connectivity index (χ2n) is 5.01. The van der Waals surface area contributed by atoms with Crippen molar-refractivity contribution in [1.29, 1.82) is 0 Å². The van der Waals surface area contributed by atoms with E-state index in [0.717, 1.165) is 31.5 Å². The fourth-order valence-electron chi connectivity index (χ4n) is 2.24. The highest BCUT2D eigenvalue weighted by molar-refractivity contribution is 5.85. The summed E-state index contributed by atoms with van der Waals surface area (Å²) in [7, 11) is 0. The minimum absolute atomic E-state index is 0. The Morgan fingerprint density at radius 1 is 1.39 bits per heavy atom. The van der Waals surface area contributed by atoms with E-state index in [-0.39, 0.29) is 23.7 Å². The van der Waals surface area contributed by atoms with Gasteiger partial charge in [0.2, 0.25) is 5.91 Å². The number of carbonyl (C=O) groups excluding carboxylic acids is 1. The molecule has 3 nitrogen and oxygen atoms in total. The molecule has 0 aliphatic carbocycles. The molecule has 2 N–H and O–H groups in total. The Labute approximate surface area is 115 Å². The second-order valence-corrected chi connectivity index (χ2v) is 5.01. The van der Waals surface area contributed by atoms with Crippen molar-refractivity contribution < 1.29 is 4.79 Å². The molecule has 1 saturated heterocycles. The van der Waals surface area contributed by atoms with E-state index >= 15 is 0 Å². The van der Waals surface area contributed by atoms with Crippen molar-refractivity contribution >= 4 is 18.3 Å². The zero-order valence-electron chi connectivity index (χ0n) is 10.7. The molecule has 1 aromatic rings. The van der Waals surface area contributed by atoms with Crippen LogP contribution in [-0.2, 0) is 11.3 Å². The number of carbonyl (C=O) groups is 1. The fourth-order valence-corrected chi connectivity index (χ4v) is 2.24. The number of piperidine rings is 1. The summed E-state index contributed by atoms with van der Waals surface area (Å²) in [5, 5.41) is 6.32. The summed E-state index contributed by atoms with van der Waals surface area (Å²) in [6.45, 7) is 4.48. The molecule has 1 unspecified atom stereocenters. The molecular weight excluding hydrogens is 248 g/mol. The number of hydrogen-bond donors (Lipinski definition) is 2. The molecule has 0 spiro atoms. The van der Waals surface area contributed by atoms with Crippen LogP contribution < -0.4 is 10.6 Å². The van der Waals surface area contributed by atoms with E-state index in [1.165, 1.54) is 0 Å². The van der Waals surface area contributed by atoms with E-state index < -0.39 is 0 Å². The first-order chi connectivity index (χ1) is 8.21. The molecule has 2 rings (SSSR count). The Kier molecular flexibility index (Phi) is 5.63. The molecule has 0 radical (unpaired) electrons. The molecule has 1 amide bonds. The van der Waals surface area contributed by atoms with Crippen LogP contribution in [0.2, 0.25) is 0 Å². The Morgan fingerprint density at radius 3 is 2.72 bits per heavy atom. The molecule has 1 aliphatic heterocycles. The van der Waals surface area contributed by atoms with Gasteiger partial charge in [-0.15, -0.1) is 12.4 Å². The van der Waals surface area contributed by atoms with Gasteiger partial charge in [0.1, 0.15) is 0 Å². The van der Waals surface area contributed by atoms with Crippen LogP contribution in [-0.4, -0.2) is 19.0 Å². The van der Waals surface area contributed by atoms with Crippen molar-refractivity contribution in [2.75, 3.05) is 13.1 Å². The van der Waals surface area contributed by atoms with Crippen molar-refractivity contribution in [2.45, 2.75) is 26.3 Å². The van der Waals surface area contributed by atoms with Crippen LogP contribution in [0.4, 0.5) is 0 Å². The summed E-state index contributed by atoms with van der Waals surface area (Å²) >= 11 is 0. The smallest absolute Gasteiger partial charge is 0.227 e. The van der Waals surface area contributed by atoms with Crippen molar-refractivity contribution in [3.63, 3.8) is 0 Å². The van der Waals surface area contributed by atoms with Crippen LogP contribution in [0.25, 0.3) is 0 Å². The van der Waals surface area contributed by atoms with Gasteiger partial charge in [-0.05, 0) is 31.9 Å². The molecular formula is C14H21ClN2O. The zero-order chi connectivity index (χ0) is 12.1. The molecule has 0 aromatic heterocycles. The maximum atomic E-state index is 12.1. The topological polar surface area (TPSA) is 41.1 Å². The predicted molar refractivity (Wildman–Crippen MR) is 75.7 cm³/mol. The largest absolute Gasteiger partial charge is 0.352 e. The number of halogens is 1. The number of rotatable bonds is 3. The minimum Gasteiger partial charge on any atom is -0.352 e. The van der Waals surface area contributed by atoms with E-state index in [9.17, 15) is 4.79 Å². The normalized spacial score (nSPS) is 22.9. The van der Waals surface area contributed by atoms with Gasteiger partial charge in [0, 0.05) is 13.1 Å². The number of hydrogen-bond acceptors (Lipinski definition) is 2. The highest BCUT2D eigenvalue weighted by Gasteiger charge is 2.34. The van der Waals surface area contributed by atoms with Gasteiger partial charge in [-0.25, -0.2) is 0 Å². The SMILES string of the molecule is CC1(C(=O)NCc2ccccc2)CCCNC1.Cl. The lowest BCUT2D eigenvalue weighted by Crippen LogP contribution is -2.48. The molecule has 1 heterocycles. The number of benzene rings is 1. The molecule has 18 heavy (non-hydrogen) atoms. The van der Waals surface area contributed by atoms with Gasteiger partial charge in [-0.1, -0.05) is 30.3 Å². The van der Waals surface area contributed by atoms with Gasteiger partial charge in [-0.2, -0.15) is 0 Å². The lowest BCUT2D eigenvalue weighted by molar-refractivity contribution is -0.131. The van der Waals surface area contributed by atoms with Gasteiger partial charge >= 0.3 is 0 Å². The Morgan fingerprint density at radius 2 is 2.11 bits per heavy atom. The molecule has 100 valence electrons. The van der Waals surface area contributed by atoms with Crippen molar-refractivity contribution in [3.8, 4) is 0 Å². The molecule has 1 aliphatic rings. The Hall–Kier alpha value is -1.06. The quantitative estimate of drug-likeness (QED) is 0.882. The highest BCUT2D eigenvalue weighted by Crippen LogP contribution is 2.25. The fraction of sp³-hybridized carbons (Fsp3) is 0.500. The molecule has 0 bridgehead atoms. The second kappa shape index (κ2) is 6.76. The standard InChI is InChI=1S/C14H20N2O.ClH/c1-14(8-5-9-15-11-14)13(17)16-10-12-6-3-2-4-7-12;/h2-4,6-7,15H,5,8-11H2,1H3,(H,16,17);1H. The number of amides is 1. The minimum atomic E-state index is -0.243. The first-order valence-corrected chi connectivity index (χ1v) is 6.24. The van der Waals surface area contributed by atoms with Crippen LogP contribution >= 0.6 is 12.4 Å². The Balaban J connectivity index is 0.00000162. The maximum Gasteiger partial charge on any atom is 0.227 e. The first-order valence-electron chi connectivity index (χ1n) is 6.24. The van der Waals surface area contributed by atoms with E-state index in [1.54, 1.807) is 0 Å². The van der Waals surface area contributed by atoms with Gasteiger partial charge in [-0.3, -0.25) is 4.79 Å². The summed E-state index contributed by atoms with van der Waals surface area (Å²) in [4.78, 5) is 12.1. The van der Waals surface area contributed by atoms with Crippen molar-refractivity contribution in [2.24, 2.45) is 5.41 Å². The molecule has 1 fully saturated rings. The van der Waals surface area contributed by atoms with Crippen LogP contribution in [0.1, 0.15) is 25.3 Å². The summed E-state index contributed by atoms with van der Waals surface area (Å²) in [6, 6.07) is 10.0. The Bertz CT molecular complexity index is 375. The lowest BCUT2D eigenvalue weighted by atomic mass is 9.82. The van der Waals surface area contributed by atoms with Gasteiger partial charge in [0.05, 0.1) is 5.41 Å². The number of nitrogens with one attached hydrogen (secondary N) is 2.